The summed E-state index contributed by atoms with van der Waals surface area (Å²) in [6.07, 6.45) is 2.02. The lowest BCUT2D eigenvalue weighted by atomic mass is 10.0. The number of benzene rings is 2. The lowest BCUT2D eigenvalue weighted by Gasteiger charge is -2.33. The molecule has 1 fully saturated rings. The molecule has 0 bridgehead atoms. The number of carboxylic acids is 2. The van der Waals surface area contributed by atoms with E-state index in [9.17, 15) is 0 Å². The molecule has 168 valence electrons. The van der Waals surface area contributed by atoms with E-state index in [1.165, 1.54) is 43.9 Å². The lowest BCUT2D eigenvalue weighted by molar-refractivity contribution is -0.159. The van der Waals surface area contributed by atoms with Crippen molar-refractivity contribution in [2.75, 3.05) is 45.9 Å². The first-order valence-electron chi connectivity index (χ1n) is 10.6. The Bertz CT molecular complexity index is 793. The Morgan fingerprint density at radius 3 is 2.06 bits per heavy atom. The van der Waals surface area contributed by atoms with Gasteiger partial charge in [-0.15, -0.1) is 0 Å². The van der Waals surface area contributed by atoms with Gasteiger partial charge in [-0.05, 0) is 30.2 Å². The first-order valence-corrected chi connectivity index (χ1v) is 10.6. The molecule has 0 aromatic heterocycles. The number of likely N-dealkylation sites (N-methyl/N-ethyl adjacent to an activating group) is 1. The van der Waals surface area contributed by atoms with E-state index in [0.717, 1.165) is 31.7 Å². The number of rotatable bonds is 8. The van der Waals surface area contributed by atoms with Crippen LogP contribution in [0.25, 0.3) is 0 Å². The Labute approximate surface area is 183 Å². The molecule has 0 saturated carbocycles. The van der Waals surface area contributed by atoms with Crippen molar-refractivity contribution < 1.29 is 24.5 Å². The molecule has 7 heteroatoms. The number of para-hydroxylation sites is 1. The smallest absolute Gasteiger partial charge is 0.414 e. The van der Waals surface area contributed by atoms with Crippen LogP contribution >= 0.6 is 0 Å². The minimum absolute atomic E-state index is 0.791. The molecule has 31 heavy (non-hydrogen) atoms. The highest BCUT2D eigenvalue weighted by atomic mass is 16.5. The second kappa shape index (κ2) is 13.4. The van der Waals surface area contributed by atoms with Gasteiger partial charge in [0.2, 0.25) is 0 Å². The van der Waals surface area contributed by atoms with Gasteiger partial charge in [0.1, 0.15) is 5.75 Å². The quantitative estimate of drug-likeness (QED) is 0.494. The van der Waals surface area contributed by atoms with Gasteiger partial charge < -0.3 is 24.7 Å². The average Bonchev–Trinajstić information content (AvgIpc) is 2.79. The van der Waals surface area contributed by atoms with Crippen LogP contribution in [0.4, 0.5) is 0 Å². The van der Waals surface area contributed by atoms with Crippen LogP contribution in [0.2, 0.25) is 0 Å². The van der Waals surface area contributed by atoms with Crippen molar-refractivity contribution in [3.8, 4) is 5.75 Å². The van der Waals surface area contributed by atoms with Gasteiger partial charge in [0.25, 0.3) is 0 Å². The fraction of sp³-hybridized carbons (Fsp3) is 0.417. The number of carboxylic acid groups (broad SMARTS) is 2. The molecule has 0 spiro atoms. The fourth-order valence-corrected chi connectivity index (χ4v) is 3.41. The van der Waals surface area contributed by atoms with E-state index < -0.39 is 11.9 Å². The first-order chi connectivity index (χ1) is 15.0. The lowest BCUT2D eigenvalue weighted by Crippen LogP contribution is -2.46. The van der Waals surface area contributed by atoms with E-state index in [4.69, 9.17) is 24.5 Å². The SMILES string of the molecule is CCN1CCN(CCCOc2ccccc2Cc2ccccc2)CC1.O=C(O)C(=O)O. The highest BCUT2D eigenvalue weighted by Gasteiger charge is 2.14. The standard InChI is InChI=1S/C22H30N2O.C2H2O4/c1-2-23-14-16-24(17-15-23)13-8-18-25-22-12-7-6-11-21(22)19-20-9-4-3-5-10-20;3-1(4)2(5)6/h3-7,9-12H,2,8,13-19H2,1H3;(H,3,4)(H,5,6). The highest BCUT2D eigenvalue weighted by molar-refractivity contribution is 6.27. The van der Waals surface area contributed by atoms with E-state index in [1.54, 1.807) is 0 Å². The molecule has 3 rings (SSSR count). The molecular weight excluding hydrogens is 396 g/mol. The van der Waals surface area contributed by atoms with Crippen LogP contribution in [0.1, 0.15) is 24.5 Å². The van der Waals surface area contributed by atoms with Crippen molar-refractivity contribution in [1.82, 2.24) is 9.80 Å². The molecule has 1 heterocycles. The zero-order valence-electron chi connectivity index (χ0n) is 18.1. The third kappa shape index (κ3) is 9.19. The van der Waals surface area contributed by atoms with Gasteiger partial charge in [0.05, 0.1) is 6.61 Å². The third-order valence-corrected chi connectivity index (χ3v) is 5.18. The average molecular weight is 429 g/mol. The van der Waals surface area contributed by atoms with Crippen LogP contribution in [0.3, 0.4) is 0 Å². The van der Waals surface area contributed by atoms with Crippen molar-refractivity contribution in [2.45, 2.75) is 19.8 Å². The summed E-state index contributed by atoms with van der Waals surface area (Å²) in [5.74, 6) is -2.62. The predicted molar refractivity (Wildman–Crippen MR) is 120 cm³/mol. The Balaban J connectivity index is 0.000000501. The summed E-state index contributed by atoms with van der Waals surface area (Å²) in [7, 11) is 0. The van der Waals surface area contributed by atoms with E-state index in [1.807, 2.05) is 0 Å². The number of piperazine rings is 1. The maximum absolute atomic E-state index is 9.10. The monoisotopic (exact) mass is 428 g/mol. The number of aliphatic carboxylic acids is 2. The molecule has 0 radical (unpaired) electrons. The van der Waals surface area contributed by atoms with Crippen LogP contribution in [0, 0.1) is 0 Å². The summed E-state index contributed by atoms with van der Waals surface area (Å²) < 4.78 is 6.11. The molecule has 2 aromatic carbocycles. The molecule has 2 aromatic rings. The Kier molecular flexibility index (Phi) is 10.5. The minimum atomic E-state index is -1.82. The molecule has 2 N–H and O–H groups in total. The number of ether oxygens (including phenoxy) is 1. The minimum Gasteiger partial charge on any atom is -0.493 e. The summed E-state index contributed by atoms with van der Waals surface area (Å²) in [6, 6.07) is 19.0. The van der Waals surface area contributed by atoms with E-state index in [0.29, 0.717) is 0 Å². The van der Waals surface area contributed by atoms with Crippen molar-refractivity contribution in [3.05, 3.63) is 65.7 Å². The van der Waals surface area contributed by atoms with Crippen LogP contribution in [0.5, 0.6) is 5.75 Å². The van der Waals surface area contributed by atoms with Crippen LogP contribution in [-0.4, -0.2) is 77.8 Å². The van der Waals surface area contributed by atoms with Gasteiger partial charge in [-0.2, -0.15) is 0 Å². The zero-order valence-corrected chi connectivity index (χ0v) is 18.1. The summed E-state index contributed by atoms with van der Waals surface area (Å²) in [6.45, 7) is 10.1. The number of hydrogen-bond acceptors (Lipinski definition) is 5. The molecule has 0 amide bonds. The van der Waals surface area contributed by atoms with E-state index in [2.05, 4.69) is 71.3 Å². The van der Waals surface area contributed by atoms with E-state index >= 15 is 0 Å². The molecule has 0 atom stereocenters. The second-order valence-corrected chi connectivity index (χ2v) is 7.36. The van der Waals surface area contributed by atoms with Crippen LogP contribution in [0.15, 0.2) is 54.6 Å². The molecule has 1 saturated heterocycles. The van der Waals surface area contributed by atoms with Crippen molar-refractivity contribution >= 4 is 11.9 Å². The molecule has 1 aliphatic heterocycles. The fourth-order valence-electron chi connectivity index (χ4n) is 3.41. The predicted octanol–water partition coefficient (Wildman–Crippen LogP) is 2.84. The molecule has 0 aliphatic carbocycles. The first kappa shape index (κ1) is 24.4. The van der Waals surface area contributed by atoms with Gasteiger partial charge in [-0.1, -0.05) is 55.5 Å². The Morgan fingerprint density at radius 1 is 0.871 bits per heavy atom. The van der Waals surface area contributed by atoms with Gasteiger partial charge in [0, 0.05) is 39.1 Å². The van der Waals surface area contributed by atoms with Crippen molar-refractivity contribution in [3.63, 3.8) is 0 Å². The maximum atomic E-state index is 9.10. The number of carbonyl (C=O) groups is 2. The summed E-state index contributed by atoms with van der Waals surface area (Å²) in [4.78, 5) is 23.3. The van der Waals surface area contributed by atoms with E-state index in [-0.39, 0.29) is 0 Å². The summed E-state index contributed by atoms with van der Waals surface area (Å²) >= 11 is 0. The Morgan fingerprint density at radius 2 is 1.45 bits per heavy atom. The Hall–Kier alpha value is -2.90. The van der Waals surface area contributed by atoms with Gasteiger partial charge >= 0.3 is 11.9 Å². The van der Waals surface area contributed by atoms with Gasteiger partial charge in [-0.25, -0.2) is 9.59 Å². The van der Waals surface area contributed by atoms with Crippen molar-refractivity contribution in [2.24, 2.45) is 0 Å². The third-order valence-electron chi connectivity index (χ3n) is 5.18. The van der Waals surface area contributed by atoms with Crippen LogP contribution in [-0.2, 0) is 16.0 Å². The second-order valence-electron chi connectivity index (χ2n) is 7.36. The topological polar surface area (TPSA) is 90.3 Å². The molecule has 0 unspecified atom stereocenters. The number of nitrogens with zero attached hydrogens (tertiary/aromatic N) is 2. The normalized spacial score (nSPS) is 14.4. The molecular formula is C24H32N2O5. The van der Waals surface area contributed by atoms with Gasteiger partial charge in [0.15, 0.2) is 0 Å². The largest absolute Gasteiger partial charge is 0.493 e. The van der Waals surface area contributed by atoms with Crippen molar-refractivity contribution in [1.29, 1.82) is 0 Å². The highest BCUT2D eigenvalue weighted by Crippen LogP contribution is 2.21. The maximum Gasteiger partial charge on any atom is 0.414 e. The zero-order chi connectivity index (χ0) is 22.5. The molecule has 7 nitrogen and oxygen atoms in total. The summed E-state index contributed by atoms with van der Waals surface area (Å²) in [5.41, 5.74) is 2.60. The number of hydrogen-bond donors (Lipinski definition) is 2. The molecule has 1 aliphatic rings. The van der Waals surface area contributed by atoms with Crippen LogP contribution < -0.4 is 4.74 Å². The van der Waals surface area contributed by atoms with Gasteiger partial charge in [-0.3, -0.25) is 0 Å². The summed E-state index contributed by atoms with van der Waals surface area (Å²) in [5, 5.41) is 14.8.